The molecule has 0 aliphatic heterocycles. The Morgan fingerprint density at radius 3 is 2.21 bits per heavy atom. The largest absolute Gasteiger partial charge is 0.469 e. The van der Waals surface area contributed by atoms with E-state index < -0.39 is 15.8 Å². The van der Waals surface area contributed by atoms with E-state index in [1.807, 2.05) is 37.3 Å². The van der Waals surface area contributed by atoms with Crippen LogP contribution in [0.15, 0.2) is 64.4 Å². The van der Waals surface area contributed by atoms with Crippen LogP contribution >= 0.6 is 0 Å². The van der Waals surface area contributed by atoms with Gasteiger partial charge in [0.15, 0.2) is 0 Å². The summed E-state index contributed by atoms with van der Waals surface area (Å²) in [5.74, 6) is -0.437. The molecule has 126 valence electrons. The standard InChI is InChI=1S/C19H20O4S/c1-15-8-10-17(11-9-15)24(21,22)18(12-13-19(20)23-2)14-16-6-4-3-5-7-16/h3-11,14H,12-13H2,1-2H3/b18-14-. The molecule has 2 aromatic rings. The van der Waals surface area contributed by atoms with Gasteiger partial charge in [0.1, 0.15) is 0 Å². The number of benzene rings is 2. The second kappa shape index (κ2) is 7.93. The highest BCUT2D eigenvalue weighted by atomic mass is 32.2. The summed E-state index contributed by atoms with van der Waals surface area (Å²) >= 11 is 0. The van der Waals surface area contributed by atoms with Crippen LogP contribution in [0.3, 0.4) is 0 Å². The highest BCUT2D eigenvalue weighted by Gasteiger charge is 2.21. The molecule has 0 radical (unpaired) electrons. The van der Waals surface area contributed by atoms with Crippen molar-refractivity contribution in [3.8, 4) is 0 Å². The van der Waals surface area contributed by atoms with Gasteiger partial charge in [-0.1, -0.05) is 48.0 Å². The number of rotatable bonds is 6. The summed E-state index contributed by atoms with van der Waals surface area (Å²) in [6.45, 7) is 1.90. The van der Waals surface area contributed by atoms with Crippen LogP contribution in [0.25, 0.3) is 6.08 Å². The molecule has 5 heteroatoms. The Balaban J connectivity index is 2.42. The molecule has 24 heavy (non-hydrogen) atoms. The van der Waals surface area contributed by atoms with Crippen molar-refractivity contribution in [2.24, 2.45) is 0 Å². The van der Waals surface area contributed by atoms with Gasteiger partial charge in [0.05, 0.1) is 23.3 Å². The van der Waals surface area contributed by atoms with Crippen LogP contribution in [0.2, 0.25) is 0 Å². The Morgan fingerprint density at radius 1 is 1.00 bits per heavy atom. The maximum atomic E-state index is 12.9. The van der Waals surface area contributed by atoms with Crippen molar-refractivity contribution in [2.75, 3.05) is 7.11 Å². The van der Waals surface area contributed by atoms with Crippen LogP contribution in [-0.4, -0.2) is 21.5 Å². The molecular weight excluding hydrogens is 324 g/mol. The van der Waals surface area contributed by atoms with E-state index in [0.29, 0.717) is 0 Å². The number of carbonyl (C=O) groups is 1. The molecule has 2 aromatic carbocycles. The molecule has 0 fully saturated rings. The summed E-state index contributed by atoms with van der Waals surface area (Å²) in [5, 5.41) is 0. The lowest BCUT2D eigenvalue weighted by Gasteiger charge is -2.10. The first-order valence-electron chi connectivity index (χ1n) is 7.57. The number of sulfone groups is 1. The molecule has 0 aliphatic carbocycles. The van der Waals surface area contributed by atoms with Crippen LogP contribution in [0.4, 0.5) is 0 Å². The molecule has 4 nitrogen and oxygen atoms in total. The van der Waals surface area contributed by atoms with E-state index in [9.17, 15) is 13.2 Å². The first-order valence-corrected chi connectivity index (χ1v) is 9.06. The van der Waals surface area contributed by atoms with Gasteiger partial charge in [-0.2, -0.15) is 0 Å². The maximum absolute atomic E-state index is 12.9. The van der Waals surface area contributed by atoms with Crippen molar-refractivity contribution < 1.29 is 17.9 Å². The minimum atomic E-state index is -3.67. The van der Waals surface area contributed by atoms with Crippen LogP contribution < -0.4 is 0 Å². The molecule has 0 spiro atoms. The lowest BCUT2D eigenvalue weighted by molar-refractivity contribution is -0.140. The van der Waals surface area contributed by atoms with Gasteiger partial charge in [-0.3, -0.25) is 4.79 Å². The van der Waals surface area contributed by atoms with Gasteiger partial charge in [0.2, 0.25) is 9.84 Å². The second-order valence-corrected chi connectivity index (χ2v) is 7.42. The maximum Gasteiger partial charge on any atom is 0.305 e. The Bertz CT molecular complexity index is 819. The Hall–Kier alpha value is -2.40. The number of hydrogen-bond donors (Lipinski definition) is 0. The third kappa shape index (κ3) is 4.55. The molecule has 0 heterocycles. The van der Waals surface area contributed by atoms with Gasteiger partial charge in [0, 0.05) is 0 Å². The van der Waals surface area contributed by atoms with E-state index >= 15 is 0 Å². The highest BCUT2D eigenvalue weighted by Crippen LogP contribution is 2.25. The fraction of sp³-hybridized carbons (Fsp3) is 0.211. The lowest BCUT2D eigenvalue weighted by atomic mass is 10.2. The Morgan fingerprint density at radius 2 is 1.62 bits per heavy atom. The predicted molar refractivity (Wildman–Crippen MR) is 94.0 cm³/mol. The zero-order chi connectivity index (χ0) is 17.6. The van der Waals surface area contributed by atoms with Gasteiger partial charge in [-0.25, -0.2) is 8.42 Å². The first-order chi connectivity index (χ1) is 11.4. The number of methoxy groups -OCH3 is 1. The van der Waals surface area contributed by atoms with Crippen molar-refractivity contribution in [1.29, 1.82) is 0 Å². The van der Waals surface area contributed by atoms with E-state index in [-0.39, 0.29) is 22.6 Å². The van der Waals surface area contributed by atoms with Gasteiger partial charge in [0.25, 0.3) is 0 Å². The van der Waals surface area contributed by atoms with E-state index in [4.69, 9.17) is 0 Å². The number of esters is 1. The van der Waals surface area contributed by atoms with E-state index in [2.05, 4.69) is 4.74 Å². The summed E-state index contributed by atoms with van der Waals surface area (Å²) in [6.07, 6.45) is 1.72. The number of aryl methyl sites for hydroxylation is 1. The minimum Gasteiger partial charge on any atom is -0.469 e. The summed E-state index contributed by atoms with van der Waals surface area (Å²) < 4.78 is 30.5. The molecular formula is C19H20O4S. The molecule has 0 unspecified atom stereocenters. The Kier molecular flexibility index (Phi) is 5.93. The summed E-state index contributed by atoms with van der Waals surface area (Å²) in [7, 11) is -2.38. The smallest absolute Gasteiger partial charge is 0.305 e. The highest BCUT2D eigenvalue weighted by molar-refractivity contribution is 7.95. The van der Waals surface area contributed by atoms with Gasteiger partial charge < -0.3 is 4.74 Å². The summed E-state index contributed by atoms with van der Waals surface area (Å²) in [5.41, 5.74) is 1.75. The molecule has 0 bridgehead atoms. The number of allylic oxidation sites excluding steroid dienone is 1. The molecule has 0 amide bonds. The molecule has 0 atom stereocenters. The third-order valence-corrected chi connectivity index (χ3v) is 5.51. The normalized spacial score (nSPS) is 12.0. The second-order valence-electron chi connectivity index (χ2n) is 5.41. The molecule has 2 rings (SSSR count). The molecule has 0 saturated heterocycles. The van der Waals surface area contributed by atoms with E-state index in [1.54, 1.807) is 30.3 Å². The summed E-state index contributed by atoms with van der Waals surface area (Å²) in [6, 6.07) is 15.9. The Labute approximate surface area is 142 Å². The number of carbonyl (C=O) groups excluding carboxylic acids is 1. The van der Waals surface area contributed by atoms with Gasteiger partial charge in [-0.05, 0) is 37.1 Å². The van der Waals surface area contributed by atoms with E-state index in [0.717, 1.165) is 11.1 Å². The molecule has 0 saturated carbocycles. The summed E-state index contributed by atoms with van der Waals surface area (Å²) in [4.78, 5) is 11.9. The van der Waals surface area contributed by atoms with Crippen molar-refractivity contribution in [3.05, 3.63) is 70.6 Å². The number of ether oxygens (including phenoxy) is 1. The fourth-order valence-corrected chi connectivity index (χ4v) is 3.67. The minimum absolute atomic E-state index is 0.0141. The van der Waals surface area contributed by atoms with Crippen LogP contribution in [0, 0.1) is 6.92 Å². The number of hydrogen-bond acceptors (Lipinski definition) is 4. The van der Waals surface area contributed by atoms with Crippen LogP contribution in [0.1, 0.15) is 24.0 Å². The van der Waals surface area contributed by atoms with Crippen molar-refractivity contribution in [1.82, 2.24) is 0 Å². The van der Waals surface area contributed by atoms with Crippen molar-refractivity contribution in [2.45, 2.75) is 24.7 Å². The average Bonchev–Trinajstić information content (AvgIpc) is 2.59. The first kappa shape index (κ1) is 17.9. The molecule has 0 aromatic heterocycles. The topological polar surface area (TPSA) is 60.4 Å². The lowest BCUT2D eigenvalue weighted by Crippen LogP contribution is -2.08. The SMILES string of the molecule is COC(=O)CC/C(=C/c1ccccc1)S(=O)(=O)c1ccc(C)cc1. The third-order valence-electron chi connectivity index (χ3n) is 3.61. The predicted octanol–water partition coefficient (Wildman–Crippen LogP) is 3.76. The van der Waals surface area contributed by atoms with E-state index in [1.165, 1.54) is 7.11 Å². The monoisotopic (exact) mass is 344 g/mol. The molecule has 0 N–H and O–H groups in total. The zero-order valence-corrected chi connectivity index (χ0v) is 14.5. The molecule has 0 aliphatic rings. The quantitative estimate of drug-likeness (QED) is 0.749. The van der Waals surface area contributed by atoms with Crippen LogP contribution in [-0.2, 0) is 19.4 Å². The van der Waals surface area contributed by atoms with Gasteiger partial charge in [-0.15, -0.1) is 0 Å². The van der Waals surface area contributed by atoms with Gasteiger partial charge >= 0.3 is 5.97 Å². The average molecular weight is 344 g/mol. The van der Waals surface area contributed by atoms with Crippen LogP contribution in [0.5, 0.6) is 0 Å². The van der Waals surface area contributed by atoms with Crippen molar-refractivity contribution in [3.63, 3.8) is 0 Å². The fourth-order valence-electron chi connectivity index (χ4n) is 2.22. The zero-order valence-electron chi connectivity index (χ0n) is 13.7. The van der Waals surface area contributed by atoms with Crippen molar-refractivity contribution >= 4 is 21.9 Å².